The molecule has 234 valence electrons. The largest absolute Gasteiger partial charge is 0.0614 e. The summed E-state index contributed by atoms with van der Waals surface area (Å²) >= 11 is 0. The van der Waals surface area contributed by atoms with Gasteiger partial charge < -0.3 is 0 Å². The fraction of sp³-hybridized carbons (Fsp3) is 0.0800. The minimum absolute atomic E-state index is 1.27. The Balaban J connectivity index is 1.30. The third-order valence-corrected chi connectivity index (χ3v) is 11.7. The van der Waals surface area contributed by atoms with E-state index in [9.17, 15) is 0 Å². The fourth-order valence-electron chi connectivity index (χ4n) is 9.37. The highest BCUT2D eigenvalue weighted by molar-refractivity contribution is 6.40. The topological polar surface area (TPSA) is 0 Å². The van der Waals surface area contributed by atoms with Gasteiger partial charge in [0.15, 0.2) is 0 Å². The van der Waals surface area contributed by atoms with Gasteiger partial charge >= 0.3 is 0 Å². The molecule has 50 heavy (non-hydrogen) atoms. The zero-order valence-corrected chi connectivity index (χ0v) is 28.7. The van der Waals surface area contributed by atoms with E-state index in [1.807, 2.05) is 0 Å². The van der Waals surface area contributed by atoms with Gasteiger partial charge in [0, 0.05) is 0 Å². The average molecular weight is 635 g/mol. The van der Waals surface area contributed by atoms with Gasteiger partial charge in [-0.1, -0.05) is 120 Å². The fourth-order valence-corrected chi connectivity index (χ4v) is 9.37. The molecule has 0 nitrogen and oxygen atoms in total. The monoisotopic (exact) mass is 634 g/mol. The van der Waals surface area contributed by atoms with Crippen molar-refractivity contribution >= 4 is 86.2 Å². The lowest BCUT2D eigenvalue weighted by atomic mass is 9.89. The summed E-state index contributed by atoms with van der Waals surface area (Å²) in [6.07, 6.45) is 0. The maximum atomic E-state index is 2.52. The van der Waals surface area contributed by atoms with E-state index in [-0.39, 0.29) is 0 Å². The molecule has 0 aliphatic carbocycles. The second-order valence-corrected chi connectivity index (χ2v) is 14.7. The Kier molecular flexibility index (Phi) is 5.47. The van der Waals surface area contributed by atoms with Gasteiger partial charge in [-0.15, -0.1) is 0 Å². The normalized spacial score (nSPS) is 12.4. The molecule has 0 N–H and O–H groups in total. The first kappa shape index (κ1) is 27.9. The summed E-state index contributed by atoms with van der Waals surface area (Å²) in [6.45, 7) is 8.92. The molecule has 0 fully saturated rings. The van der Waals surface area contributed by atoms with E-state index in [1.54, 1.807) is 0 Å². The Morgan fingerprint density at radius 1 is 0.240 bits per heavy atom. The van der Waals surface area contributed by atoms with Gasteiger partial charge in [-0.25, -0.2) is 0 Å². The number of rotatable bonds is 2. The Morgan fingerprint density at radius 2 is 0.600 bits per heavy atom. The first-order valence-electron chi connectivity index (χ1n) is 17.8. The quantitative estimate of drug-likeness (QED) is 0.166. The molecular weight excluding hydrogens is 601 g/mol. The van der Waals surface area contributed by atoms with Crippen molar-refractivity contribution in [2.45, 2.75) is 27.7 Å². The van der Waals surface area contributed by atoms with E-state index in [0.29, 0.717) is 0 Å². The van der Waals surface area contributed by atoms with Crippen LogP contribution in [0.5, 0.6) is 0 Å². The van der Waals surface area contributed by atoms with Gasteiger partial charge in [0.25, 0.3) is 0 Å². The number of hydrogen-bond acceptors (Lipinski definition) is 0. The van der Waals surface area contributed by atoms with Gasteiger partial charge in [0.1, 0.15) is 0 Å². The van der Waals surface area contributed by atoms with Crippen LogP contribution in [0.15, 0.2) is 133 Å². The molecule has 11 aromatic rings. The Hall–Kier alpha value is -5.98. The van der Waals surface area contributed by atoms with Crippen LogP contribution < -0.4 is 0 Å². The van der Waals surface area contributed by atoms with Crippen LogP contribution in [0.4, 0.5) is 0 Å². The lowest BCUT2D eigenvalue weighted by Gasteiger charge is -2.14. The minimum atomic E-state index is 1.27. The average Bonchev–Trinajstić information content (AvgIpc) is 3.62. The van der Waals surface area contributed by atoms with Crippen LogP contribution in [0.25, 0.3) is 108 Å². The van der Waals surface area contributed by atoms with Crippen molar-refractivity contribution in [1.29, 1.82) is 0 Å². The van der Waals surface area contributed by atoms with Crippen molar-refractivity contribution in [2.75, 3.05) is 0 Å². The first-order chi connectivity index (χ1) is 24.4. The minimum Gasteiger partial charge on any atom is -0.0614 e. The van der Waals surface area contributed by atoms with E-state index in [4.69, 9.17) is 0 Å². The van der Waals surface area contributed by atoms with Crippen LogP contribution in [0.2, 0.25) is 0 Å². The molecule has 0 aliphatic heterocycles. The zero-order valence-electron chi connectivity index (χ0n) is 28.7. The van der Waals surface area contributed by atoms with E-state index in [0.717, 1.165) is 0 Å². The number of aryl methyl sites for hydroxylation is 4. The van der Waals surface area contributed by atoms with E-state index in [1.165, 1.54) is 131 Å². The molecular formula is C50H34. The predicted molar refractivity (Wildman–Crippen MR) is 219 cm³/mol. The van der Waals surface area contributed by atoms with Gasteiger partial charge in [-0.3, -0.25) is 0 Å². The molecule has 0 amide bonds. The molecule has 11 aromatic carbocycles. The number of benzene rings is 9. The van der Waals surface area contributed by atoms with Crippen LogP contribution in [0, 0.1) is 27.7 Å². The summed E-state index contributed by atoms with van der Waals surface area (Å²) in [4.78, 5) is 0. The maximum Gasteiger partial charge on any atom is -0.00172 e. The Morgan fingerprint density at radius 3 is 1.04 bits per heavy atom. The van der Waals surface area contributed by atoms with Crippen molar-refractivity contribution in [3.8, 4) is 22.3 Å². The van der Waals surface area contributed by atoms with Crippen molar-refractivity contribution in [3.05, 3.63) is 156 Å². The highest BCUT2D eigenvalue weighted by Gasteiger charge is 2.21. The van der Waals surface area contributed by atoms with E-state index < -0.39 is 0 Å². The summed E-state index contributed by atoms with van der Waals surface area (Å²) < 4.78 is 0. The van der Waals surface area contributed by atoms with Gasteiger partial charge in [0.05, 0.1) is 0 Å². The molecule has 0 spiro atoms. The molecule has 0 aliphatic rings. The molecule has 0 bridgehead atoms. The van der Waals surface area contributed by atoms with Crippen LogP contribution >= 0.6 is 0 Å². The van der Waals surface area contributed by atoms with Crippen molar-refractivity contribution in [3.63, 3.8) is 0 Å². The van der Waals surface area contributed by atoms with Crippen LogP contribution in [-0.2, 0) is 0 Å². The molecule has 0 aromatic heterocycles. The SMILES string of the molecule is Cc1cccc(-c2ccc3c(c2)c2cc4c5cc6c7cc(-c8cccc(C)c8)ccc7c7ccc(C)c(c5ccc4c4c(C)ccc3c24)c76)c1. The van der Waals surface area contributed by atoms with Crippen molar-refractivity contribution in [2.24, 2.45) is 0 Å². The van der Waals surface area contributed by atoms with E-state index >= 15 is 0 Å². The van der Waals surface area contributed by atoms with Gasteiger partial charge in [0.2, 0.25) is 0 Å². The zero-order chi connectivity index (χ0) is 33.4. The standard InChI is InChI=1S/C50H34/c1-27-7-5-9-31(21-27)33-13-17-35-37-15-11-29(3)47-39-19-20-40-44(43(39)25-45(49(37)47)41(35)23-33)26-46-42-24-34(32-10-6-8-28(2)22-32)14-18-36(42)38-16-12-30(4)48(40)50(38)46/h5-26H,1-4H3. The highest BCUT2D eigenvalue weighted by atomic mass is 14.2. The molecule has 0 heteroatoms. The van der Waals surface area contributed by atoms with Crippen LogP contribution in [0.1, 0.15) is 22.3 Å². The van der Waals surface area contributed by atoms with Gasteiger partial charge in [-0.2, -0.15) is 0 Å². The molecule has 0 radical (unpaired) electrons. The van der Waals surface area contributed by atoms with Crippen molar-refractivity contribution in [1.82, 2.24) is 0 Å². The summed E-state index contributed by atoms with van der Waals surface area (Å²) in [7, 11) is 0. The lowest BCUT2D eigenvalue weighted by molar-refractivity contribution is 1.47. The molecule has 0 atom stereocenters. The molecule has 0 heterocycles. The summed E-state index contributed by atoms with van der Waals surface area (Å²) in [5.74, 6) is 0. The van der Waals surface area contributed by atoms with E-state index in [2.05, 4.69) is 161 Å². The third kappa shape index (κ3) is 3.66. The summed E-state index contributed by atoms with van der Waals surface area (Å²) in [5.41, 5.74) is 10.3. The smallest absolute Gasteiger partial charge is 0.00172 e. The maximum absolute atomic E-state index is 2.52. The van der Waals surface area contributed by atoms with Crippen LogP contribution in [-0.4, -0.2) is 0 Å². The molecule has 0 saturated heterocycles. The van der Waals surface area contributed by atoms with Gasteiger partial charge in [-0.05, 0) is 172 Å². The summed E-state index contributed by atoms with van der Waals surface area (Å²) in [6, 6.07) is 51.1. The second kappa shape index (κ2) is 9.80. The Labute approximate surface area is 290 Å². The third-order valence-electron chi connectivity index (χ3n) is 11.7. The van der Waals surface area contributed by atoms with Crippen molar-refractivity contribution < 1.29 is 0 Å². The predicted octanol–water partition coefficient (Wildman–Crippen LogP) is 14.4. The summed E-state index contributed by atoms with van der Waals surface area (Å²) in [5, 5.41) is 21.7. The lowest BCUT2D eigenvalue weighted by Crippen LogP contribution is -1.87. The molecule has 11 rings (SSSR count). The molecule has 0 unspecified atom stereocenters. The molecule has 0 saturated carbocycles. The highest BCUT2D eigenvalue weighted by Crippen LogP contribution is 2.49. The number of hydrogen-bond donors (Lipinski definition) is 0. The number of fused-ring (bicyclic) bond motifs is 11. The Bertz CT molecular complexity index is 3010. The second-order valence-electron chi connectivity index (χ2n) is 14.7. The van der Waals surface area contributed by atoms with Crippen LogP contribution in [0.3, 0.4) is 0 Å². The first-order valence-corrected chi connectivity index (χ1v) is 17.8.